The van der Waals surface area contributed by atoms with Gasteiger partial charge in [-0.25, -0.2) is 0 Å². The van der Waals surface area contributed by atoms with Crippen LogP contribution in [0.2, 0.25) is 0 Å². The van der Waals surface area contributed by atoms with Gasteiger partial charge in [0, 0.05) is 5.41 Å². The molecule has 1 fully saturated rings. The summed E-state index contributed by atoms with van der Waals surface area (Å²) < 4.78 is 0. The topological polar surface area (TPSA) is 17.1 Å². The smallest absolute Gasteiger partial charge is 0.146 e. The highest BCUT2D eigenvalue weighted by atomic mass is 16.1. The van der Waals surface area contributed by atoms with Crippen molar-refractivity contribution in [3.63, 3.8) is 0 Å². The van der Waals surface area contributed by atoms with Crippen LogP contribution in [0.5, 0.6) is 0 Å². The van der Waals surface area contributed by atoms with E-state index in [1.807, 2.05) is 0 Å². The molecular weight excluding hydrogens is 196 g/mol. The molecule has 2 rings (SSSR count). The Kier molecular flexibility index (Phi) is 3.05. The minimum Gasteiger partial charge on any atom is -0.298 e. The van der Waals surface area contributed by atoms with Gasteiger partial charge in [-0.15, -0.1) is 0 Å². The van der Waals surface area contributed by atoms with Crippen molar-refractivity contribution >= 4 is 6.29 Å². The third kappa shape index (κ3) is 1.66. The zero-order valence-electron chi connectivity index (χ0n) is 10.7. The van der Waals surface area contributed by atoms with Crippen molar-refractivity contribution in [3.8, 4) is 0 Å². The van der Waals surface area contributed by atoms with E-state index in [1.165, 1.54) is 24.8 Å². The number of rotatable bonds is 1. The number of carbonyl (C=O) groups excluding carboxylic acids is 1. The van der Waals surface area contributed by atoms with Gasteiger partial charge in [0.25, 0.3) is 0 Å². The molecule has 88 valence electrons. The lowest BCUT2D eigenvalue weighted by atomic mass is 9.65. The number of hydrogen-bond donors (Lipinski definition) is 0. The summed E-state index contributed by atoms with van der Waals surface area (Å²) in [5.41, 5.74) is 4.32. The van der Waals surface area contributed by atoms with E-state index in [9.17, 15) is 4.79 Å². The molecule has 0 heterocycles. The standard InChI is InChI=1S/C15H22O/c1-11(2)13-7-8-15(9-13)12(3)5-4-6-14(15)10-16/h6,10,12H,4-5,7-9H2,1-3H3. The van der Waals surface area contributed by atoms with Crippen LogP contribution in [0.1, 0.15) is 52.9 Å². The molecule has 1 saturated carbocycles. The average molecular weight is 218 g/mol. The maximum absolute atomic E-state index is 11.3. The first-order valence-electron chi connectivity index (χ1n) is 6.41. The lowest BCUT2D eigenvalue weighted by molar-refractivity contribution is -0.106. The van der Waals surface area contributed by atoms with Gasteiger partial charge in [-0.05, 0) is 57.4 Å². The van der Waals surface area contributed by atoms with Gasteiger partial charge >= 0.3 is 0 Å². The molecule has 0 bridgehead atoms. The van der Waals surface area contributed by atoms with Crippen LogP contribution in [0.15, 0.2) is 22.8 Å². The van der Waals surface area contributed by atoms with Crippen molar-refractivity contribution in [1.29, 1.82) is 0 Å². The Hall–Kier alpha value is -0.850. The number of hydrogen-bond acceptors (Lipinski definition) is 1. The van der Waals surface area contributed by atoms with Crippen molar-refractivity contribution < 1.29 is 4.79 Å². The fraction of sp³-hybridized carbons (Fsp3) is 0.667. The van der Waals surface area contributed by atoms with Gasteiger partial charge < -0.3 is 0 Å². The van der Waals surface area contributed by atoms with Crippen LogP contribution in [0.4, 0.5) is 0 Å². The molecular formula is C15H22O. The third-order valence-corrected chi connectivity index (χ3v) is 4.72. The maximum Gasteiger partial charge on any atom is 0.146 e. The van der Waals surface area contributed by atoms with E-state index in [2.05, 4.69) is 26.8 Å². The van der Waals surface area contributed by atoms with Crippen LogP contribution in [0, 0.1) is 11.3 Å². The highest BCUT2D eigenvalue weighted by molar-refractivity contribution is 5.76. The molecule has 0 aromatic heterocycles. The molecule has 0 amide bonds. The molecule has 1 spiro atoms. The van der Waals surface area contributed by atoms with Gasteiger partial charge in [0.15, 0.2) is 0 Å². The summed E-state index contributed by atoms with van der Waals surface area (Å²) in [6, 6.07) is 0. The van der Waals surface area contributed by atoms with Crippen LogP contribution >= 0.6 is 0 Å². The summed E-state index contributed by atoms with van der Waals surface area (Å²) in [4.78, 5) is 11.3. The van der Waals surface area contributed by atoms with Gasteiger partial charge in [0.05, 0.1) is 0 Å². The molecule has 2 atom stereocenters. The van der Waals surface area contributed by atoms with Crippen LogP contribution < -0.4 is 0 Å². The van der Waals surface area contributed by atoms with Crippen molar-refractivity contribution in [2.24, 2.45) is 11.3 Å². The molecule has 1 heteroatoms. The zero-order chi connectivity index (χ0) is 11.8. The molecule has 0 radical (unpaired) electrons. The van der Waals surface area contributed by atoms with E-state index >= 15 is 0 Å². The Bertz CT molecular complexity index is 358. The van der Waals surface area contributed by atoms with E-state index in [-0.39, 0.29) is 5.41 Å². The fourth-order valence-corrected chi connectivity index (χ4v) is 3.44. The van der Waals surface area contributed by atoms with E-state index < -0.39 is 0 Å². The molecule has 0 aromatic rings. The molecule has 16 heavy (non-hydrogen) atoms. The Labute approximate surface area is 98.6 Å². The highest BCUT2D eigenvalue weighted by Gasteiger charge is 2.45. The van der Waals surface area contributed by atoms with Crippen LogP contribution in [0.25, 0.3) is 0 Å². The first-order valence-corrected chi connectivity index (χ1v) is 6.41. The van der Waals surface area contributed by atoms with Crippen molar-refractivity contribution in [2.45, 2.75) is 52.9 Å². The minimum atomic E-state index is 0.187. The van der Waals surface area contributed by atoms with Gasteiger partial charge in [-0.1, -0.05) is 24.1 Å². The summed E-state index contributed by atoms with van der Waals surface area (Å²) in [5.74, 6) is 0.662. The summed E-state index contributed by atoms with van der Waals surface area (Å²) in [5, 5.41) is 0. The monoisotopic (exact) mass is 218 g/mol. The molecule has 0 saturated heterocycles. The Morgan fingerprint density at radius 1 is 1.50 bits per heavy atom. The predicted molar refractivity (Wildman–Crippen MR) is 67.2 cm³/mol. The first-order chi connectivity index (χ1) is 7.60. The SMILES string of the molecule is CC(C)=C1CCC2(C1)C(C=O)=CCCC2C. The molecule has 2 unspecified atom stereocenters. The third-order valence-electron chi connectivity index (χ3n) is 4.72. The van der Waals surface area contributed by atoms with E-state index in [4.69, 9.17) is 0 Å². The number of allylic oxidation sites excluding steroid dienone is 4. The van der Waals surface area contributed by atoms with Crippen LogP contribution in [-0.4, -0.2) is 6.29 Å². The quantitative estimate of drug-likeness (QED) is 0.479. The van der Waals surface area contributed by atoms with Crippen LogP contribution in [0.3, 0.4) is 0 Å². The Balaban J connectivity index is 2.37. The molecule has 0 aliphatic heterocycles. The normalized spacial score (nSPS) is 34.1. The van der Waals surface area contributed by atoms with Gasteiger partial charge in [-0.3, -0.25) is 4.79 Å². The summed E-state index contributed by atoms with van der Waals surface area (Å²) in [6.07, 6.45) is 9.12. The molecule has 2 aliphatic carbocycles. The number of aldehydes is 1. The molecule has 1 nitrogen and oxygen atoms in total. The van der Waals surface area contributed by atoms with E-state index in [0.717, 1.165) is 24.7 Å². The van der Waals surface area contributed by atoms with Crippen molar-refractivity contribution in [1.82, 2.24) is 0 Å². The second-order valence-electron chi connectivity index (χ2n) is 5.69. The van der Waals surface area contributed by atoms with E-state index in [1.54, 1.807) is 5.57 Å². The lowest BCUT2D eigenvalue weighted by Gasteiger charge is -2.39. The molecule has 0 N–H and O–H groups in total. The summed E-state index contributed by atoms with van der Waals surface area (Å²) in [7, 11) is 0. The van der Waals surface area contributed by atoms with Gasteiger partial charge in [0.1, 0.15) is 6.29 Å². The van der Waals surface area contributed by atoms with Gasteiger partial charge in [-0.2, -0.15) is 0 Å². The first kappa shape index (κ1) is 11.6. The lowest BCUT2D eigenvalue weighted by Crippen LogP contribution is -2.31. The van der Waals surface area contributed by atoms with Gasteiger partial charge in [0.2, 0.25) is 0 Å². The average Bonchev–Trinajstić information content (AvgIpc) is 2.69. The fourth-order valence-electron chi connectivity index (χ4n) is 3.44. The number of carbonyl (C=O) groups is 1. The largest absolute Gasteiger partial charge is 0.298 e. The maximum atomic E-state index is 11.3. The van der Waals surface area contributed by atoms with Crippen molar-refractivity contribution in [2.75, 3.05) is 0 Å². The second-order valence-corrected chi connectivity index (χ2v) is 5.69. The summed E-state index contributed by atoms with van der Waals surface area (Å²) in [6.45, 7) is 6.72. The minimum absolute atomic E-state index is 0.187. The zero-order valence-corrected chi connectivity index (χ0v) is 10.7. The second kappa shape index (κ2) is 4.20. The van der Waals surface area contributed by atoms with Crippen molar-refractivity contribution in [3.05, 3.63) is 22.8 Å². The predicted octanol–water partition coefficient (Wildman–Crippen LogP) is 4.05. The van der Waals surface area contributed by atoms with E-state index in [0.29, 0.717) is 5.92 Å². The summed E-state index contributed by atoms with van der Waals surface area (Å²) >= 11 is 0. The van der Waals surface area contributed by atoms with Crippen LogP contribution in [-0.2, 0) is 4.79 Å². The molecule has 0 aromatic carbocycles. The Morgan fingerprint density at radius 3 is 2.81 bits per heavy atom. The highest BCUT2D eigenvalue weighted by Crippen LogP contribution is 2.55. The Morgan fingerprint density at radius 2 is 2.25 bits per heavy atom. The molecule has 2 aliphatic rings.